The Morgan fingerprint density at radius 3 is 2.35 bits per heavy atom. The molecule has 2 aliphatic rings. The van der Waals surface area contributed by atoms with Crippen LogP contribution in [0.15, 0.2) is 23.1 Å². The van der Waals surface area contributed by atoms with E-state index in [1.165, 1.54) is 22.5 Å². The van der Waals surface area contributed by atoms with E-state index in [0.29, 0.717) is 44.2 Å². The highest BCUT2D eigenvalue weighted by atomic mass is 35.5. The van der Waals surface area contributed by atoms with Crippen LogP contribution >= 0.6 is 23.2 Å². The maximum Gasteiger partial charge on any atom is 0.323 e. The monoisotopic (exact) mass is 378 g/mol. The Labute approximate surface area is 145 Å². The summed E-state index contributed by atoms with van der Waals surface area (Å²) in [6, 6.07) is 4.04. The zero-order chi connectivity index (χ0) is 16.6. The van der Waals surface area contributed by atoms with E-state index in [-0.39, 0.29) is 21.9 Å². The minimum absolute atomic E-state index is 0.126. The van der Waals surface area contributed by atoms with Crippen LogP contribution in [0.5, 0.6) is 0 Å². The minimum Gasteiger partial charge on any atom is -0.464 e. The van der Waals surface area contributed by atoms with E-state index in [4.69, 9.17) is 27.9 Å². The van der Waals surface area contributed by atoms with Gasteiger partial charge in [-0.1, -0.05) is 23.2 Å². The average molecular weight is 379 g/mol. The number of cyclic esters (lactones) is 1. The highest BCUT2D eigenvalue weighted by molar-refractivity contribution is 7.89. The number of nitrogens with zero attached hydrogens (tertiary/aromatic N) is 2. The molecule has 2 aliphatic heterocycles. The van der Waals surface area contributed by atoms with Crippen molar-refractivity contribution in [2.45, 2.75) is 17.4 Å². The number of benzene rings is 1. The van der Waals surface area contributed by atoms with Gasteiger partial charge in [-0.25, -0.2) is 8.42 Å². The van der Waals surface area contributed by atoms with Gasteiger partial charge in [-0.15, -0.1) is 0 Å². The fourth-order valence-electron chi connectivity index (χ4n) is 2.86. The van der Waals surface area contributed by atoms with E-state index < -0.39 is 10.0 Å². The first kappa shape index (κ1) is 17.0. The fourth-order valence-corrected chi connectivity index (χ4v) is 4.67. The van der Waals surface area contributed by atoms with Gasteiger partial charge in [0.15, 0.2) is 0 Å². The number of esters is 1. The summed E-state index contributed by atoms with van der Waals surface area (Å²) in [6.45, 7) is 2.09. The van der Waals surface area contributed by atoms with E-state index in [1.54, 1.807) is 0 Å². The smallest absolute Gasteiger partial charge is 0.323 e. The van der Waals surface area contributed by atoms with Gasteiger partial charge in [0.2, 0.25) is 10.0 Å². The molecule has 0 radical (unpaired) electrons. The molecule has 2 fully saturated rings. The van der Waals surface area contributed by atoms with Crippen molar-refractivity contribution in [3.05, 3.63) is 28.2 Å². The van der Waals surface area contributed by atoms with Crippen molar-refractivity contribution in [1.82, 2.24) is 9.21 Å². The lowest BCUT2D eigenvalue weighted by Crippen LogP contribution is -2.52. The SMILES string of the molecule is O=C1OCCC1N1CCN(S(=O)(=O)c2ccc(Cl)c(Cl)c2)CC1. The van der Waals surface area contributed by atoms with E-state index >= 15 is 0 Å². The van der Waals surface area contributed by atoms with Crippen LogP contribution in [0.25, 0.3) is 0 Å². The van der Waals surface area contributed by atoms with Crippen molar-refractivity contribution in [2.24, 2.45) is 0 Å². The quantitative estimate of drug-likeness (QED) is 0.747. The van der Waals surface area contributed by atoms with Crippen molar-refractivity contribution >= 4 is 39.2 Å². The molecule has 2 saturated heterocycles. The van der Waals surface area contributed by atoms with Gasteiger partial charge in [-0.05, 0) is 18.2 Å². The van der Waals surface area contributed by atoms with E-state index in [2.05, 4.69) is 0 Å². The number of halogens is 2. The highest BCUT2D eigenvalue weighted by Gasteiger charge is 2.36. The lowest BCUT2D eigenvalue weighted by Gasteiger charge is -2.35. The van der Waals surface area contributed by atoms with Crippen molar-refractivity contribution in [1.29, 1.82) is 0 Å². The van der Waals surface area contributed by atoms with E-state index in [0.717, 1.165) is 0 Å². The Morgan fingerprint density at radius 1 is 1.09 bits per heavy atom. The molecule has 9 heteroatoms. The lowest BCUT2D eigenvalue weighted by molar-refractivity contribution is -0.142. The Kier molecular flexibility index (Phi) is 4.85. The number of ether oxygens (including phenoxy) is 1. The number of carbonyl (C=O) groups is 1. The van der Waals surface area contributed by atoms with Gasteiger partial charge in [0.05, 0.1) is 21.5 Å². The molecule has 1 aromatic carbocycles. The van der Waals surface area contributed by atoms with Crippen LogP contribution in [-0.2, 0) is 19.6 Å². The van der Waals surface area contributed by atoms with Gasteiger partial charge in [-0.3, -0.25) is 9.69 Å². The number of rotatable bonds is 3. The highest BCUT2D eigenvalue weighted by Crippen LogP contribution is 2.27. The molecule has 3 rings (SSSR count). The Morgan fingerprint density at radius 2 is 1.78 bits per heavy atom. The third-order valence-corrected chi connectivity index (χ3v) is 6.78. The number of hydrogen-bond acceptors (Lipinski definition) is 5. The largest absolute Gasteiger partial charge is 0.464 e. The molecule has 0 saturated carbocycles. The third-order valence-electron chi connectivity index (χ3n) is 4.15. The molecule has 126 valence electrons. The average Bonchev–Trinajstić information content (AvgIpc) is 2.96. The minimum atomic E-state index is -3.61. The maximum atomic E-state index is 12.7. The van der Waals surface area contributed by atoms with Gasteiger partial charge in [0.25, 0.3) is 0 Å². The molecule has 1 aromatic rings. The molecule has 1 unspecified atom stereocenters. The molecule has 0 N–H and O–H groups in total. The molecule has 0 spiro atoms. The first-order chi connectivity index (χ1) is 10.9. The van der Waals surface area contributed by atoms with Gasteiger partial charge >= 0.3 is 5.97 Å². The van der Waals surface area contributed by atoms with Gasteiger partial charge < -0.3 is 4.74 Å². The molecule has 1 atom stereocenters. The van der Waals surface area contributed by atoms with Crippen LogP contribution in [0.2, 0.25) is 10.0 Å². The molecule has 2 heterocycles. The zero-order valence-electron chi connectivity index (χ0n) is 12.2. The first-order valence-electron chi connectivity index (χ1n) is 7.25. The van der Waals surface area contributed by atoms with Crippen LogP contribution in [0.3, 0.4) is 0 Å². The van der Waals surface area contributed by atoms with Crippen molar-refractivity contribution in [3.63, 3.8) is 0 Å². The van der Waals surface area contributed by atoms with Gasteiger partial charge in [-0.2, -0.15) is 4.31 Å². The number of hydrogen-bond donors (Lipinski definition) is 0. The molecule has 0 aromatic heterocycles. The number of piperazine rings is 1. The summed E-state index contributed by atoms with van der Waals surface area (Å²) in [7, 11) is -3.61. The summed E-state index contributed by atoms with van der Waals surface area (Å²) in [4.78, 5) is 13.7. The maximum absolute atomic E-state index is 12.7. The Hall–Kier alpha value is -0.860. The molecule has 0 bridgehead atoms. The standard InChI is InChI=1S/C14H16Cl2N2O4S/c15-11-2-1-10(9-12(11)16)23(20,21)18-6-4-17(5-7-18)13-3-8-22-14(13)19/h1-2,9,13H,3-8H2. The molecular weight excluding hydrogens is 363 g/mol. The Balaban J connectivity index is 1.71. The summed E-state index contributed by atoms with van der Waals surface area (Å²) in [6.07, 6.45) is 0.665. The summed E-state index contributed by atoms with van der Waals surface area (Å²) in [5, 5.41) is 0.523. The Bertz CT molecular complexity index is 717. The van der Waals surface area contributed by atoms with Crippen molar-refractivity contribution in [2.75, 3.05) is 32.8 Å². The summed E-state index contributed by atoms with van der Waals surface area (Å²) in [5.74, 6) is -0.217. The first-order valence-corrected chi connectivity index (χ1v) is 9.45. The number of sulfonamides is 1. The third kappa shape index (κ3) is 3.34. The van der Waals surface area contributed by atoms with Crippen LogP contribution < -0.4 is 0 Å². The van der Waals surface area contributed by atoms with Crippen LogP contribution in [0, 0.1) is 0 Å². The second kappa shape index (κ2) is 6.57. The normalized spacial score (nSPS) is 23.9. The van der Waals surface area contributed by atoms with Crippen molar-refractivity contribution in [3.8, 4) is 0 Å². The number of carbonyl (C=O) groups excluding carboxylic acids is 1. The summed E-state index contributed by atoms with van der Waals surface area (Å²) >= 11 is 11.7. The van der Waals surface area contributed by atoms with Crippen LogP contribution in [0.4, 0.5) is 0 Å². The van der Waals surface area contributed by atoms with Gasteiger partial charge in [0.1, 0.15) is 6.04 Å². The van der Waals surface area contributed by atoms with Gasteiger partial charge in [0, 0.05) is 32.6 Å². The summed E-state index contributed by atoms with van der Waals surface area (Å²) in [5.41, 5.74) is 0. The lowest BCUT2D eigenvalue weighted by atomic mass is 10.2. The van der Waals surface area contributed by atoms with Crippen molar-refractivity contribution < 1.29 is 17.9 Å². The van der Waals surface area contributed by atoms with E-state index in [1.807, 2.05) is 4.90 Å². The summed E-state index contributed by atoms with van der Waals surface area (Å²) < 4.78 is 31.7. The predicted molar refractivity (Wildman–Crippen MR) is 86.2 cm³/mol. The van der Waals surface area contributed by atoms with Crippen LogP contribution in [-0.4, -0.2) is 62.4 Å². The molecular formula is C14H16Cl2N2O4S. The zero-order valence-corrected chi connectivity index (χ0v) is 14.6. The predicted octanol–water partition coefficient (Wildman–Crippen LogP) is 1.62. The van der Waals surface area contributed by atoms with E-state index in [9.17, 15) is 13.2 Å². The topological polar surface area (TPSA) is 66.9 Å². The molecule has 0 amide bonds. The second-order valence-corrected chi connectivity index (χ2v) is 8.24. The second-order valence-electron chi connectivity index (χ2n) is 5.49. The van der Waals surface area contributed by atoms with Crippen LogP contribution in [0.1, 0.15) is 6.42 Å². The molecule has 0 aliphatic carbocycles. The molecule has 6 nitrogen and oxygen atoms in total. The molecule has 23 heavy (non-hydrogen) atoms. The fraction of sp³-hybridized carbons (Fsp3) is 0.500.